The molecule has 1 saturated heterocycles. The molecule has 4 aromatic rings. The molecule has 2 atom stereocenters. The van der Waals surface area contributed by atoms with E-state index in [2.05, 4.69) is 32.4 Å². The molecule has 0 spiro atoms. The summed E-state index contributed by atoms with van der Waals surface area (Å²) >= 11 is 7.94. The van der Waals surface area contributed by atoms with Crippen molar-refractivity contribution in [2.24, 2.45) is 0 Å². The molecule has 6 nitrogen and oxygen atoms in total. The van der Waals surface area contributed by atoms with Crippen molar-refractivity contribution in [2.75, 3.05) is 11.9 Å². The van der Waals surface area contributed by atoms with E-state index in [1.807, 2.05) is 12.1 Å². The molecular weight excluding hydrogens is 487 g/mol. The Balaban J connectivity index is 1.29. The van der Waals surface area contributed by atoms with E-state index in [-0.39, 0.29) is 31.1 Å². The van der Waals surface area contributed by atoms with Crippen LogP contribution < -0.4 is 15.4 Å². The highest BCUT2D eigenvalue weighted by Crippen LogP contribution is 2.33. The van der Waals surface area contributed by atoms with Gasteiger partial charge in [0, 0.05) is 11.7 Å². The lowest BCUT2D eigenvalue weighted by Gasteiger charge is -2.11. The fraction of sp³-hybridized carbons (Fsp3) is 0.231. The summed E-state index contributed by atoms with van der Waals surface area (Å²) in [7, 11) is 0. The number of halogens is 2. The molecule has 178 valence electrons. The van der Waals surface area contributed by atoms with Crippen molar-refractivity contribution in [3.8, 4) is 17.6 Å². The first-order valence-electron chi connectivity index (χ1n) is 11.1. The molecule has 35 heavy (non-hydrogen) atoms. The third kappa shape index (κ3) is 5.72. The SMILES string of the molecule is OC[C@H]1CC[C@H](C#Cc2cc3c(Nc4ccc(OCc5cccc(F)c5)c(Cl)c4)ncnc3s2)N1. The number of ether oxygens (including phenoxy) is 1. The van der Waals surface area contributed by atoms with Crippen molar-refractivity contribution < 1.29 is 14.2 Å². The fourth-order valence-electron chi connectivity index (χ4n) is 3.87. The summed E-state index contributed by atoms with van der Waals surface area (Å²) in [6.07, 6.45) is 3.37. The van der Waals surface area contributed by atoms with Crippen LogP contribution >= 0.6 is 22.9 Å². The zero-order chi connectivity index (χ0) is 24.2. The Morgan fingerprint density at radius 2 is 2.11 bits per heavy atom. The first-order valence-corrected chi connectivity index (χ1v) is 12.3. The van der Waals surface area contributed by atoms with Gasteiger partial charge in [0.2, 0.25) is 0 Å². The van der Waals surface area contributed by atoms with Gasteiger partial charge in [0.1, 0.15) is 35.1 Å². The number of benzene rings is 2. The van der Waals surface area contributed by atoms with Crippen LogP contribution in [0.1, 0.15) is 23.3 Å². The van der Waals surface area contributed by atoms with Crippen LogP contribution in [0.4, 0.5) is 15.9 Å². The summed E-state index contributed by atoms with van der Waals surface area (Å²) in [5.41, 5.74) is 1.47. The van der Waals surface area contributed by atoms with Gasteiger partial charge in [-0.15, -0.1) is 11.3 Å². The Labute approximate surface area is 211 Å². The monoisotopic (exact) mass is 508 g/mol. The Morgan fingerprint density at radius 3 is 2.91 bits per heavy atom. The van der Waals surface area contributed by atoms with Crippen molar-refractivity contribution in [1.82, 2.24) is 15.3 Å². The van der Waals surface area contributed by atoms with Crippen LogP contribution in [0.15, 0.2) is 54.9 Å². The first kappa shape index (κ1) is 23.5. The largest absolute Gasteiger partial charge is 0.487 e. The second-order valence-electron chi connectivity index (χ2n) is 8.19. The molecule has 0 amide bonds. The predicted octanol–water partition coefficient (Wildman–Crippen LogP) is 5.27. The van der Waals surface area contributed by atoms with Crippen LogP contribution in [0.2, 0.25) is 5.02 Å². The minimum absolute atomic E-state index is 0.0878. The van der Waals surface area contributed by atoms with Crippen LogP contribution in [0.5, 0.6) is 5.75 Å². The normalized spacial score (nSPS) is 17.2. The molecule has 1 fully saturated rings. The van der Waals surface area contributed by atoms with Crippen LogP contribution in [0.25, 0.3) is 10.2 Å². The molecule has 3 N–H and O–H groups in total. The zero-order valence-corrected chi connectivity index (χ0v) is 20.2. The number of thiophene rings is 1. The lowest BCUT2D eigenvalue weighted by atomic mass is 10.2. The second kappa shape index (κ2) is 10.6. The van der Waals surface area contributed by atoms with Gasteiger partial charge in [-0.05, 0) is 54.8 Å². The van der Waals surface area contributed by atoms with Gasteiger partial charge in [0.15, 0.2) is 0 Å². The lowest BCUT2D eigenvalue weighted by molar-refractivity contribution is 0.253. The summed E-state index contributed by atoms with van der Waals surface area (Å²) < 4.78 is 19.1. The highest BCUT2D eigenvalue weighted by molar-refractivity contribution is 7.19. The summed E-state index contributed by atoms with van der Waals surface area (Å²) in [4.78, 5) is 10.5. The number of nitrogens with zero attached hydrogens (tertiary/aromatic N) is 2. The fourth-order valence-corrected chi connectivity index (χ4v) is 4.97. The number of fused-ring (bicyclic) bond motifs is 1. The van der Waals surface area contributed by atoms with Crippen molar-refractivity contribution in [3.63, 3.8) is 0 Å². The number of hydrogen-bond donors (Lipinski definition) is 3. The smallest absolute Gasteiger partial charge is 0.142 e. The Morgan fingerprint density at radius 1 is 1.20 bits per heavy atom. The van der Waals surface area contributed by atoms with Crippen LogP contribution in [-0.2, 0) is 6.61 Å². The van der Waals surface area contributed by atoms with Crippen molar-refractivity contribution in [1.29, 1.82) is 0 Å². The maximum absolute atomic E-state index is 13.4. The van der Waals surface area contributed by atoms with Gasteiger partial charge in [-0.25, -0.2) is 14.4 Å². The predicted molar refractivity (Wildman–Crippen MR) is 137 cm³/mol. The molecule has 1 aliphatic rings. The molecule has 0 bridgehead atoms. The third-order valence-electron chi connectivity index (χ3n) is 5.64. The number of nitrogens with one attached hydrogen (secondary N) is 2. The summed E-state index contributed by atoms with van der Waals surface area (Å²) in [6, 6.07) is 13.8. The van der Waals surface area contributed by atoms with E-state index < -0.39 is 0 Å². The van der Waals surface area contributed by atoms with Gasteiger partial charge in [-0.3, -0.25) is 5.32 Å². The molecule has 9 heteroatoms. The average Bonchev–Trinajstić information content (AvgIpc) is 3.49. The Hall–Kier alpha value is -3.22. The molecular formula is C26H22ClFN4O2S. The number of anilines is 2. The zero-order valence-electron chi connectivity index (χ0n) is 18.6. The standard InChI is InChI=1S/C26H22ClFN4O2S/c27-23-11-19(7-9-24(23)34-14-16-2-1-3-17(28)10-16)32-25-22-12-21(35-26(22)30-15-29-25)8-6-18-4-5-20(13-33)31-18/h1-3,7,9-12,15,18,20,31,33H,4-5,13-14H2,(H,29,30,32)/t18-,20-/m1/s1. The highest BCUT2D eigenvalue weighted by Gasteiger charge is 2.21. The van der Waals surface area contributed by atoms with Crippen molar-refractivity contribution in [2.45, 2.75) is 31.5 Å². The summed E-state index contributed by atoms with van der Waals surface area (Å²) in [6.45, 7) is 0.350. The van der Waals surface area contributed by atoms with Gasteiger partial charge in [-0.2, -0.15) is 0 Å². The number of hydrogen-bond acceptors (Lipinski definition) is 7. The number of aromatic nitrogens is 2. The Kier molecular flexibility index (Phi) is 7.11. The van der Waals surface area contributed by atoms with E-state index in [1.54, 1.807) is 24.3 Å². The molecule has 0 aliphatic carbocycles. The van der Waals surface area contributed by atoms with Gasteiger partial charge in [0.05, 0.1) is 27.9 Å². The maximum atomic E-state index is 13.4. The third-order valence-corrected chi connectivity index (χ3v) is 6.89. The molecule has 2 aromatic carbocycles. The van der Waals surface area contributed by atoms with Gasteiger partial charge in [0.25, 0.3) is 0 Å². The quantitative estimate of drug-likeness (QED) is 0.308. The first-order chi connectivity index (χ1) is 17.1. The molecule has 0 saturated carbocycles. The van der Waals surface area contributed by atoms with E-state index in [0.29, 0.717) is 16.6 Å². The second-order valence-corrected chi connectivity index (χ2v) is 9.62. The van der Waals surface area contributed by atoms with Crippen LogP contribution in [0.3, 0.4) is 0 Å². The van der Waals surface area contributed by atoms with Crippen molar-refractivity contribution >= 4 is 44.7 Å². The Bertz CT molecular complexity index is 1420. The number of aliphatic hydroxyl groups is 1. The van der Waals surface area contributed by atoms with Crippen molar-refractivity contribution in [3.05, 3.63) is 76.1 Å². The molecule has 5 rings (SSSR count). The lowest BCUT2D eigenvalue weighted by Crippen LogP contribution is -2.30. The molecule has 0 radical (unpaired) electrons. The molecule has 0 unspecified atom stereocenters. The van der Waals surface area contributed by atoms with Crippen LogP contribution in [0, 0.1) is 17.7 Å². The van der Waals surface area contributed by atoms with Gasteiger partial charge >= 0.3 is 0 Å². The molecule has 3 heterocycles. The number of rotatable bonds is 6. The highest BCUT2D eigenvalue weighted by atomic mass is 35.5. The van der Waals surface area contributed by atoms with Gasteiger partial charge < -0.3 is 15.2 Å². The number of aliphatic hydroxyl groups excluding tert-OH is 1. The van der Waals surface area contributed by atoms with E-state index in [9.17, 15) is 9.50 Å². The minimum atomic E-state index is -0.305. The van der Waals surface area contributed by atoms with E-state index in [1.165, 1.54) is 29.8 Å². The van der Waals surface area contributed by atoms with E-state index in [4.69, 9.17) is 16.3 Å². The molecule has 2 aromatic heterocycles. The van der Waals surface area contributed by atoms with E-state index >= 15 is 0 Å². The van der Waals surface area contributed by atoms with Gasteiger partial charge in [-0.1, -0.05) is 35.6 Å². The van der Waals surface area contributed by atoms with Crippen LogP contribution in [-0.4, -0.2) is 33.8 Å². The topological polar surface area (TPSA) is 79.3 Å². The maximum Gasteiger partial charge on any atom is 0.142 e. The molecule has 1 aliphatic heterocycles. The average molecular weight is 509 g/mol. The van der Waals surface area contributed by atoms with E-state index in [0.717, 1.165) is 39.2 Å². The minimum Gasteiger partial charge on any atom is -0.487 e. The summed E-state index contributed by atoms with van der Waals surface area (Å²) in [5.74, 6) is 7.33. The summed E-state index contributed by atoms with van der Waals surface area (Å²) in [5, 5.41) is 17.2.